The Bertz CT molecular complexity index is 664. The number of hydrogen-bond acceptors (Lipinski definition) is 3. The van der Waals surface area contributed by atoms with Crippen LogP contribution in [-0.2, 0) is 6.42 Å². The van der Waals surface area contributed by atoms with Gasteiger partial charge in [-0.3, -0.25) is 4.99 Å². The third-order valence-electron chi connectivity index (χ3n) is 4.55. The Kier molecular flexibility index (Phi) is 8.02. The van der Waals surface area contributed by atoms with Crippen LogP contribution in [0.5, 0.6) is 0 Å². The quantitative estimate of drug-likeness (QED) is 0.421. The number of nitrogens with zero attached hydrogens (tertiary/aromatic N) is 3. The molecule has 25 heavy (non-hydrogen) atoms. The highest BCUT2D eigenvalue weighted by Crippen LogP contribution is 2.22. The highest BCUT2D eigenvalue weighted by molar-refractivity contribution is 14.0. The molecule has 1 aromatic heterocycles. The van der Waals surface area contributed by atoms with E-state index in [2.05, 4.69) is 68.8 Å². The molecule has 0 bridgehead atoms. The van der Waals surface area contributed by atoms with Crippen molar-refractivity contribution >= 4 is 46.3 Å². The number of nitrogens with one attached hydrogen (secondary N) is 1. The molecular formula is C19H27IN4S. The van der Waals surface area contributed by atoms with Crippen LogP contribution in [-0.4, -0.2) is 50.6 Å². The Morgan fingerprint density at radius 2 is 1.88 bits per heavy atom. The highest BCUT2D eigenvalue weighted by atomic mass is 127. The Balaban J connectivity index is 0.00000225. The van der Waals surface area contributed by atoms with Crippen LogP contribution in [0, 0.1) is 6.92 Å². The Labute approximate surface area is 172 Å². The molecule has 0 atom stereocenters. The summed E-state index contributed by atoms with van der Waals surface area (Å²) in [6.07, 6.45) is 1.03. The average molecular weight is 470 g/mol. The molecule has 0 unspecified atom stereocenters. The van der Waals surface area contributed by atoms with Crippen LogP contribution in [0.25, 0.3) is 0 Å². The second kappa shape index (κ2) is 10.0. The lowest BCUT2D eigenvalue weighted by atomic mass is 10.1. The van der Waals surface area contributed by atoms with Crippen molar-refractivity contribution in [3.05, 3.63) is 52.9 Å². The van der Waals surface area contributed by atoms with Crippen LogP contribution >= 0.6 is 35.3 Å². The van der Waals surface area contributed by atoms with Gasteiger partial charge in [-0.05, 0) is 42.0 Å². The Hall–Kier alpha value is -1.28. The monoisotopic (exact) mass is 470 g/mol. The van der Waals surface area contributed by atoms with Gasteiger partial charge in [-0.2, -0.15) is 0 Å². The maximum atomic E-state index is 4.47. The summed E-state index contributed by atoms with van der Waals surface area (Å²) in [7, 11) is 1.88. The van der Waals surface area contributed by atoms with Gasteiger partial charge < -0.3 is 15.1 Å². The largest absolute Gasteiger partial charge is 0.360 e. The zero-order valence-corrected chi connectivity index (χ0v) is 18.1. The molecule has 2 heterocycles. The minimum Gasteiger partial charge on any atom is -0.360 e. The first kappa shape index (κ1) is 20.0. The zero-order valence-electron chi connectivity index (χ0n) is 14.9. The summed E-state index contributed by atoms with van der Waals surface area (Å²) in [6, 6.07) is 12.9. The molecule has 1 aliphatic heterocycles. The second-order valence-corrected chi connectivity index (χ2v) is 7.00. The standard InChI is InChI=1S/C19H26N4S.HI/c1-16-6-3-4-7-17(16)9-10-21-19(20-2)23-13-11-22(12-14-23)18-8-5-15-24-18;/h3-8,15H,9-14H2,1-2H3,(H,20,21);1H. The number of aryl methyl sites for hydroxylation is 1. The Morgan fingerprint density at radius 1 is 1.12 bits per heavy atom. The van der Waals surface area contributed by atoms with Gasteiger partial charge in [0.1, 0.15) is 0 Å². The van der Waals surface area contributed by atoms with E-state index in [-0.39, 0.29) is 24.0 Å². The van der Waals surface area contributed by atoms with Gasteiger partial charge in [0, 0.05) is 39.8 Å². The van der Waals surface area contributed by atoms with Gasteiger partial charge in [0.15, 0.2) is 5.96 Å². The van der Waals surface area contributed by atoms with Crippen molar-refractivity contribution in [2.45, 2.75) is 13.3 Å². The van der Waals surface area contributed by atoms with Gasteiger partial charge in [0.2, 0.25) is 0 Å². The molecule has 1 aromatic carbocycles. The summed E-state index contributed by atoms with van der Waals surface area (Å²) >= 11 is 1.82. The molecule has 1 aliphatic rings. The van der Waals surface area contributed by atoms with Crippen LogP contribution in [0.1, 0.15) is 11.1 Å². The molecule has 0 spiro atoms. The molecule has 1 fully saturated rings. The molecule has 0 amide bonds. The first-order valence-electron chi connectivity index (χ1n) is 8.56. The first-order valence-corrected chi connectivity index (χ1v) is 9.44. The number of rotatable bonds is 4. The topological polar surface area (TPSA) is 30.9 Å². The van der Waals surface area contributed by atoms with Crippen molar-refractivity contribution in [1.82, 2.24) is 10.2 Å². The van der Waals surface area contributed by atoms with Gasteiger partial charge in [-0.25, -0.2) is 0 Å². The first-order chi connectivity index (χ1) is 11.8. The maximum Gasteiger partial charge on any atom is 0.193 e. The lowest BCUT2D eigenvalue weighted by Crippen LogP contribution is -2.52. The molecule has 0 saturated carbocycles. The number of halogens is 1. The number of guanidine groups is 1. The van der Waals surface area contributed by atoms with Crippen molar-refractivity contribution in [3.8, 4) is 0 Å². The number of hydrogen-bond donors (Lipinski definition) is 1. The smallest absolute Gasteiger partial charge is 0.193 e. The number of anilines is 1. The van der Waals surface area contributed by atoms with Gasteiger partial charge in [-0.1, -0.05) is 24.3 Å². The molecule has 4 nitrogen and oxygen atoms in total. The van der Waals surface area contributed by atoms with Crippen molar-refractivity contribution in [3.63, 3.8) is 0 Å². The van der Waals surface area contributed by atoms with E-state index in [0.717, 1.165) is 45.1 Å². The lowest BCUT2D eigenvalue weighted by Gasteiger charge is -2.37. The van der Waals surface area contributed by atoms with Gasteiger partial charge >= 0.3 is 0 Å². The fourth-order valence-electron chi connectivity index (χ4n) is 3.12. The highest BCUT2D eigenvalue weighted by Gasteiger charge is 2.20. The van der Waals surface area contributed by atoms with Crippen LogP contribution in [0.3, 0.4) is 0 Å². The summed E-state index contributed by atoms with van der Waals surface area (Å²) < 4.78 is 0. The number of piperazine rings is 1. The van der Waals surface area contributed by atoms with E-state index in [9.17, 15) is 0 Å². The van der Waals surface area contributed by atoms with E-state index in [1.54, 1.807) is 0 Å². The predicted molar refractivity (Wildman–Crippen MR) is 120 cm³/mol. The molecule has 136 valence electrons. The average Bonchev–Trinajstić information content (AvgIpc) is 3.15. The number of benzene rings is 1. The summed E-state index contributed by atoms with van der Waals surface area (Å²) in [4.78, 5) is 9.29. The molecule has 3 rings (SSSR count). The van der Waals surface area contributed by atoms with Crippen LogP contribution < -0.4 is 10.2 Å². The van der Waals surface area contributed by atoms with Crippen molar-refractivity contribution in [2.24, 2.45) is 4.99 Å². The molecule has 6 heteroatoms. The lowest BCUT2D eigenvalue weighted by molar-refractivity contribution is 0.374. The fraction of sp³-hybridized carbons (Fsp3) is 0.421. The van der Waals surface area contributed by atoms with Gasteiger partial charge in [-0.15, -0.1) is 35.3 Å². The van der Waals surface area contributed by atoms with Crippen molar-refractivity contribution < 1.29 is 0 Å². The minimum atomic E-state index is 0. The summed E-state index contributed by atoms with van der Waals surface area (Å²) in [5.74, 6) is 1.02. The Morgan fingerprint density at radius 3 is 2.52 bits per heavy atom. The molecule has 2 aromatic rings. The van der Waals surface area contributed by atoms with E-state index in [1.807, 2.05) is 18.4 Å². The van der Waals surface area contributed by atoms with Crippen molar-refractivity contribution in [2.75, 3.05) is 44.7 Å². The van der Waals surface area contributed by atoms with E-state index in [4.69, 9.17) is 0 Å². The second-order valence-electron chi connectivity index (χ2n) is 6.08. The van der Waals surface area contributed by atoms with Crippen LogP contribution in [0.4, 0.5) is 5.00 Å². The molecule has 0 aliphatic carbocycles. The number of thiophene rings is 1. The minimum absolute atomic E-state index is 0. The van der Waals surface area contributed by atoms with Crippen LogP contribution in [0.2, 0.25) is 0 Å². The fourth-order valence-corrected chi connectivity index (χ4v) is 3.91. The summed E-state index contributed by atoms with van der Waals surface area (Å²) in [5, 5.41) is 7.04. The summed E-state index contributed by atoms with van der Waals surface area (Å²) in [6.45, 7) is 7.23. The zero-order chi connectivity index (χ0) is 16.8. The van der Waals surface area contributed by atoms with E-state index < -0.39 is 0 Å². The number of aliphatic imine (C=N–C) groups is 1. The summed E-state index contributed by atoms with van der Waals surface area (Å²) in [5.41, 5.74) is 2.77. The van der Waals surface area contributed by atoms with E-state index in [1.165, 1.54) is 16.1 Å². The maximum absolute atomic E-state index is 4.47. The third kappa shape index (κ3) is 5.34. The predicted octanol–water partition coefficient (Wildman–Crippen LogP) is 3.61. The van der Waals surface area contributed by atoms with E-state index >= 15 is 0 Å². The van der Waals surface area contributed by atoms with Crippen molar-refractivity contribution in [1.29, 1.82) is 0 Å². The SMILES string of the molecule is CN=C(NCCc1ccccc1C)N1CCN(c2cccs2)CC1.I. The van der Waals surface area contributed by atoms with Gasteiger partial charge in [0.25, 0.3) is 0 Å². The molecule has 1 N–H and O–H groups in total. The molecule has 0 radical (unpaired) electrons. The molecular weight excluding hydrogens is 443 g/mol. The molecule has 1 saturated heterocycles. The normalized spacial score (nSPS) is 15.0. The van der Waals surface area contributed by atoms with Gasteiger partial charge in [0.05, 0.1) is 5.00 Å². The van der Waals surface area contributed by atoms with Crippen LogP contribution in [0.15, 0.2) is 46.8 Å². The third-order valence-corrected chi connectivity index (χ3v) is 5.48. The van der Waals surface area contributed by atoms with E-state index in [0.29, 0.717) is 0 Å².